The highest BCUT2D eigenvalue weighted by molar-refractivity contribution is 6.31. The molecule has 2 aromatic rings. The average Bonchev–Trinajstić information content (AvgIpc) is 2.74. The molecule has 0 aromatic heterocycles. The molecule has 0 amide bonds. The van der Waals surface area contributed by atoms with Crippen LogP contribution in [-0.4, -0.2) is 42.6 Å². The Balaban J connectivity index is 1.21. The first kappa shape index (κ1) is 20.4. The molecule has 2 aliphatic heterocycles. The highest BCUT2D eigenvalue weighted by atomic mass is 35.5. The van der Waals surface area contributed by atoms with Crippen molar-refractivity contribution in [2.75, 3.05) is 32.8 Å². The summed E-state index contributed by atoms with van der Waals surface area (Å²) >= 11 is 6.24. The number of rotatable bonds is 6. The third-order valence-electron chi connectivity index (χ3n) is 5.99. The summed E-state index contributed by atoms with van der Waals surface area (Å²) in [5.41, 5.74) is 3.63. The van der Waals surface area contributed by atoms with Crippen LogP contribution < -0.4 is 5.32 Å². The van der Waals surface area contributed by atoms with Crippen molar-refractivity contribution in [1.82, 2.24) is 15.1 Å². The standard InChI is InChI=1S/C24H29ClFN3/c25-24-7-6-22(26)15-21(24)14-19-8-11-28(12-9-19)17-23-10-13-29(18-27-23)16-20-4-2-1-3-5-20/h1-7,10,15,19,27H,8-9,11-14,16-18H2. The summed E-state index contributed by atoms with van der Waals surface area (Å²) in [6, 6.07) is 15.3. The fourth-order valence-corrected chi connectivity index (χ4v) is 4.47. The van der Waals surface area contributed by atoms with Crippen LogP contribution in [0.3, 0.4) is 0 Å². The molecule has 2 heterocycles. The molecule has 0 radical (unpaired) electrons. The van der Waals surface area contributed by atoms with E-state index in [0.717, 1.165) is 64.2 Å². The number of piperidine rings is 1. The molecule has 154 valence electrons. The first-order valence-electron chi connectivity index (χ1n) is 10.5. The molecule has 0 aliphatic carbocycles. The Bertz CT molecular complexity index is 831. The van der Waals surface area contributed by atoms with E-state index < -0.39 is 0 Å². The summed E-state index contributed by atoms with van der Waals surface area (Å²) in [5, 5.41) is 4.27. The smallest absolute Gasteiger partial charge is 0.123 e. The van der Waals surface area contributed by atoms with Gasteiger partial charge in [0, 0.05) is 30.4 Å². The Morgan fingerprint density at radius 3 is 2.52 bits per heavy atom. The molecule has 0 saturated carbocycles. The van der Waals surface area contributed by atoms with Crippen LogP contribution in [0.1, 0.15) is 24.0 Å². The monoisotopic (exact) mass is 413 g/mol. The van der Waals surface area contributed by atoms with E-state index in [4.69, 9.17) is 11.6 Å². The average molecular weight is 414 g/mol. The van der Waals surface area contributed by atoms with E-state index in [9.17, 15) is 4.39 Å². The van der Waals surface area contributed by atoms with E-state index >= 15 is 0 Å². The fraction of sp³-hybridized carbons (Fsp3) is 0.417. The number of likely N-dealkylation sites (tertiary alicyclic amines) is 1. The van der Waals surface area contributed by atoms with Gasteiger partial charge in [-0.25, -0.2) is 4.39 Å². The van der Waals surface area contributed by atoms with E-state index in [-0.39, 0.29) is 5.82 Å². The maximum Gasteiger partial charge on any atom is 0.123 e. The van der Waals surface area contributed by atoms with Gasteiger partial charge in [0.05, 0.1) is 6.67 Å². The topological polar surface area (TPSA) is 18.5 Å². The van der Waals surface area contributed by atoms with E-state index in [0.29, 0.717) is 10.9 Å². The van der Waals surface area contributed by atoms with E-state index in [1.165, 1.54) is 17.3 Å². The summed E-state index contributed by atoms with van der Waals surface area (Å²) in [6.07, 6.45) is 5.48. The van der Waals surface area contributed by atoms with Crippen molar-refractivity contribution in [3.63, 3.8) is 0 Å². The van der Waals surface area contributed by atoms with Crippen LogP contribution in [0, 0.1) is 11.7 Å². The van der Waals surface area contributed by atoms with Crippen molar-refractivity contribution >= 4 is 11.6 Å². The number of nitrogens with one attached hydrogen (secondary N) is 1. The van der Waals surface area contributed by atoms with Gasteiger partial charge in [-0.1, -0.05) is 48.0 Å². The van der Waals surface area contributed by atoms with Crippen molar-refractivity contribution < 1.29 is 4.39 Å². The van der Waals surface area contributed by atoms with Crippen LogP contribution in [0.4, 0.5) is 4.39 Å². The van der Waals surface area contributed by atoms with Crippen LogP contribution >= 0.6 is 11.6 Å². The molecule has 4 rings (SSSR count). The minimum absolute atomic E-state index is 0.196. The molecule has 1 fully saturated rings. The van der Waals surface area contributed by atoms with Gasteiger partial charge in [0.15, 0.2) is 0 Å². The Morgan fingerprint density at radius 2 is 1.79 bits per heavy atom. The zero-order chi connectivity index (χ0) is 20.1. The summed E-state index contributed by atoms with van der Waals surface area (Å²) < 4.78 is 13.5. The predicted molar refractivity (Wildman–Crippen MR) is 117 cm³/mol. The Hall–Kier alpha value is -1.88. The van der Waals surface area contributed by atoms with Crippen LogP contribution in [0.25, 0.3) is 0 Å². The molecule has 2 aliphatic rings. The number of halogens is 2. The normalized spacial score (nSPS) is 19.0. The van der Waals surface area contributed by atoms with Gasteiger partial charge in [0.2, 0.25) is 0 Å². The third kappa shape index (κ3) is 5.81. The van der Waals surface area contributed by atoms with E-state index in [1.54, 1.807) is 12.1 Å². The molecule has 5 heteroatoms. The second-order valence-electron chi connectivity index (χ2n) is 8.22. The molecule has 1 saturated heterocycles. The van der Waals surface area contributed by atoms with Crippen molar-refractivity contribution in [2.45, 2.75) is 25.8 Å². The molecule has 0 spiro atoms. The fourth-order valence-electron chi connectivity index (χ4n) is 4.27. The summed E-state index contributed by atoms with van der Waals surface area (Å²) in [6.45, 7) is 6.04. The lowest BCUT2D eigenvalue weighted by molar-refractivity contribution is 0.187. The molecule has 0 bridgehead atoms. The van der Waals surface area contributed by atoms with Gasteiger partial charge in [0.25, 0.3) is 0 Å². The third-order valence-corrected chi connectivity index (χ3v) is 6.36. The van der Waals surface area contributed by atoms with E-state index in [1.807, 2.05) is 0 Å². The van der Waals surface area contributed by atoms with Crippen LogP contribution in [0.2, 0.25) is 5.02 Å². The maximum absolute atomic E-state index is 13.5. The van der Waals surface area contributed by atoms with Gasteiger partial charge in [-0.05, 0) is 67.6 Å². The predicted octanol–water partition coefficient (Wildman–Crippen LogP) is 4.68. The molecule has 2 aromatic carbocycles. The first-order chi connectivity index (χ1) is 14.2. The summed E-state index contributed by atoms with van der Waals surface area (Å²) in [5.74, 6) is 0.388. The lowest BCUT2D eigenvalue weighted by Gasteiger charge is -2.35. The lowest BCUT2D eigenvalue weighted by Crippen LogP contribution is -2.43. The number of hydrogen-bond donors (Lipinski definition) is 1. The number of hydrogen-bond acceptors (Lipinski definition) is 3. The zero-order valence-corrected chi connectivity index (χ0v) is 17.5. The van der Waals surface area contributed by atoms with Crippen LogP contribution in [0.15, 0.2) is 60.3 Å². The van der Waals surface area contributed by atoms with Gasteiger partial charge < -0.3 is 5.32 Å². The maximum atomic E-state index is 13.5. The van der Waals surface area contributed by atoms with Gasteiger partial charge in [-0.2, -0.15) is 0 Å². The van der Waals surface area contributed by atoms with Crippen LogP contribution in [-0.2, 0) is 13.0 Å². The number of nitrogens with zero attached hydrogens (tertiary/aromatic N) is 2. The van der Waals surface area contributed by atoms with Gasteiger partial charge in [-0.15, -0.1) is 0 Å². The van der Waals surface area contributed by atoms with Gasteiger partial charge >= 0.3 is 0 Å². The van der Waals surface area contributed by atoms with Crippen LogP contribution in [0.5, 0.6) is 0 Å². The summed E-state index contributed by atoms with van der Waals surface area (Å²) in [7, 11) is 0. The quantitative estimate of drug-likeness (QED) is 0.741. The SMILES string of the molecule is Fc1ccc(Cl)c(CC2CCN(CC3=CCN(Cc4ccccc4)CN3)CC2)c1. The molecular weight excluding hydrogens is 385 g/mol. The Morgan fingerprint density at radius 1 is 1.00 bits per heavy atom. The second kappa shape index (κ2) is 9.75. The molecule has 29 heavy (non-hydrogen) atoms. The Kier molecular flexibility index (Phi) is 6.86. The largest absolute Gasteiger partial charge is 0.375 e. The van der Waals surface area contributed by atoms with Crippen molar-refractivity contribution in [2.24, 2.45) is 5.92 Å². The highest BCUT2D eigenvalue weighted by Gasteiger charge is 2.22. The molecule has 0 atom stereocenters. The minimum atomic E-state index is -0.196. The first-order valence-corrected chi connectivity index (χ1v) is 10.9. The van der Waals surface area contributed by atoms with Crippen molar-refractivity contribution in [3.05, 3.63) is 82.3 Å². The van der Waals surface area contributed by atoms with E-state index in [2.05, 4.69) is 51.5 Å². The second-order valence-corrected chi connectivity index (χ2v) is 8.63. The molecular formula is C24H29ClFN3. The van der Waals surface area contributed by atoms with Crippen molar-refractivity contribution in [1.29, 1.82) is 0 Å². The highest BCUT2D eigenvalue weighted by Crippen LogP contribution is 2.26. The number of benzene rings is 2. The lowest BCUT2D eigenvalue weighted by atomic mass is 9.90. The van der Waals surface area contributed by atoms with Gasteiger partial charge in [0.1, 0.15) is 5.82 Å². The molecule has 0 unspecified atom stereocenters. The van der Waals surface area contributed by atoms with Gasteiger partial charge in [-0.3, -0.25) is 9.80 Å². The minimum Gasteiger partial charge on any atom is -0.375 e. The van der Waals surface area contributed by atoms with Crippen molar-refractivity contribution in [3.8, 4) is 0 Å². The zero-order valence-electron chi connectivity index (χ0n) is 16.8. The Labute approximate surface area is 178 Å². The molecule has 1 N–H and O–H groups in total. The molecule has 3 nitrogen and oxygen atoms in total. The summed E-state index contributed by atoms with van der Waals surface area (Å²) in [4.78, 5) is 4.93.